The van der Waals surface area contributed by atoms with Crippen molar-refractivity contribution in [1.82, 2.24) is 5.32 Å². The third kappa shape index (κ3) is 3.34. The van der Waals surface area contributed by atoms with Crippen LogP contribution in [-0.4, -0.2) is 7.05 Å². The van der Waals surface area contributed by atoms with Crippen LogP contribution in [0.4, 0.5) is 4.39 Å². The summed E-state index contributed by atoms with van der Waals surface area (Å²) in [5.74, 6) is -0.199. The molecule has 0 heterocycles. The van der Waals surface area contributed by atoms with Gasteiger partial charge in [0.1, 0.15) is 5.82 Å². The molecule has 0 aromatic heterocycles. The molecule has 1 atom stereocenters. The molecule has 3 heteroatoms. The summed E-state index contributed by atoms with van der Waals surface area (Å²) in [6.07, 6.45) is 0.712. The molecule has 0 bridgehead atoms. The van der Waals surface area contributed by atoms with Crippen LogP contribution in [0.3, 0.4) is 0 Å². The van der Waals surface area contributed by atoms with E-state index in [-0.39, 0.29) is 11.9 Å². The molecule has 2 aromatic carbocycles. The quantitative estimate of drug-likeness (QED) is 0.879. The van der Waals surface area contributed by atoms with Gasteiger partial charge in [0.2, 0.25) is 0 Å². The summed E-state index contributed by atoms with van der Waals surface area (Å²) in [6, 6.07) is 12.7. The van der Waals surface area contributed by atoms with Gasteiger partial charge in [0, 0.05) is 11.1 Å². The molecule has 0 spiro atoms. The Hall–Kier alpha value is -1.38. The van der Waals surface area contributed by atoms with Crippen molar-refractivity contribution < 1.29 is 4.39 Å². The van der Waals surface area contributed by atoms with E-state index in [0.29, 0.717) is 6.42 Å². The first kappa shape index (κ1) is 14.0. The van der Waals surface area contributed by atoms with Crippen LogP contribution in [0.15, 0.2) is 42.5 Å². The molecular formula is C16H17ClFN. The van der Waals surface area contributed by atoms with Gasteiger partial charge in [-0.1, -0.05) is 35.9 Å². The van der Waals surface area contributed by atoms with E-state index < -0.39 is 0 Å². The summed E-state index contributed by atoms with van der Waals surface area (Å²) >= 11 is 6.22. The van der Waals surface area contributed by atoms with Crippen LogP contribution in [0.2, 0.25) is 5.02 Å². The third-order valence-corrected chi connectivity index (χ3v) is 3.71. The van der Waals surface area contributed by atoms with Crippen molar-refractivity contribution in [3.8, 4) is 0 Å². The Morgan fingerprint density at radius 2 is 1.95 bits per heavy atom. The second-order valence-electron chi connectivity index (χ2n) is 4.64. The first-order valence-electron chi connectivity index (χ1n) is 6.28. The molecular weight excluding hydrogens is 261 g/mol. The van der Waals surface area contributed by atoms with Gasteiger partial charge in [-0.2, -0.15) is 0 Å². The minimum Gasteiger partial charge on any atom is -0.313 e. The number of aryl methyl sites for hydroxylation is 1. The smallest absolute Gasteiger partial charge is 0.123 e. The summed E-state index contributed by atoms with van der Waals surface area (Å²) in [5, 5.41) is 3.98. The maximum absolute atomic E-state index is 13.3. The highest BCUT2D eigenvalue weighted by atomic mass is 35.5. The van der Waals surface area contributed by atoms with Gasteiger partial charge in [-0.15, -0.1) is 0 Å². The van der Waals surface area contributed by atoms with E-state index in [1.54, 1.807) is 6.07 Å². The Morgan fingerprint density at radius 1 is 1.21 bits per heavy atom. The van der Waals surface area contributed by atoms with Crippen LogP contribution in [-0.2, 0) is 6.42 Å². The van der Waals surface area contributed by atoms with Crippen molar-refractivity contribution in [2.24, 2.45) is 0 Å². The van der Waals surface area contributed by atoms with E-state index in [1.165, 1.54) is 6.07 Å². The van der Waals surface area contributed by atoms with Gasteiger partial charge >= 0.3 is 0 Å². The highest BCUT2D eigenvalue weighted by Gasteiger charge is 2.14. The number of rotatable bonds is 4. The van der Waals surface area contributed by atoms with E-state index in [0.717, 1.165) is 21.7 Å². The summed E-state index contributed by atoms with van der Waals surface area (Å²) in [6.45, 7) is 1.99. The van der Waals surface area contributed by atoms with Gasteiger partial charge in [0.15, 0.2) is 0 Å². The Morgan fingerprint density at radius 3 is 2.63 bits per heavy atom. The standard InChI is InChI=1S/C16H17ClFN/c1-11-7-8-13(18)9-12(11)10-16(19-2)14-5-3-4-6-15(14)17/h3-9,16,19H,10H2,1-2H3. The van der Waals surface area contributed by atoms with Crippen LogP contribution < -0.4 is 5.32 Å². The number of hydrogen-bond donors (Lipinski definition) is 1. The molecule has 0 fully saturated rings. The number of benzene rings is 2. The van der Waals surface area contributed by atoms with Gasteiger partial charge in [-0.05, 0) is 55.3 Å². The molecule has 0 amide bonds. The monoisotopic (exact) mass is 277 g/mol. The molecule has 0 saturated carbocycles. The molecule has 0 aliphatic heterocycles. The second kappa shape index (κ2) is 6.18. The summed E-state index contributed by atoms with van der Waals surface area (Å²) in [7, 11) is 1.89. The second-order valence-corrected chi connectivity index (χ2v) is 5.04. The van der Waals surface area contributed by atoms with Crippen molar-refractivity contribution in [3.63, 3.8) is 0 Å². The fourth-order valence-electron chi connectivity index (χ4n) is 2.21. The van der Waals surface area contributed by atoms with Crippen molar-refractivity contribution in [2.75, 3.05) is 7.05 Å². The van der Waals surface area contributed by atoms with Gasteiger partial charge in [-0.25, -0.2) is 4.39 Å². The lowest BCUT2D eigenvalue weighted by atomic mass is 9.96. The van der Waals surface area contributed by atoms with E-state index in [9.17, 15) is 4.39 Å². The Kier molecular flexibility index (Phi) is 4.56. The van der Waals surface area contributed by atoms with Gasteiger partial charge in [0.05, 0.1) is 0 Å². The zero-order chi connectivity index (χ0) is 13.8. The van der Waals surface area contributed by atoms with Crippen LogP contribution >= 0.6 is 11.6 Å². The largest absolute Gasteiger partial charge is 0.313 e. The third-order valence-electron chi connectivity index (χ3n) is 3.36. The lowest BCUT2D eigenvalue weighted by Crippen LogP contribution is -2.19. The number of nitrogens with one attached hydrogen (secondary N) is 1. The zero-order valence-electron chi connectivity index (χ0n) is 11.1. The fraction of sp³-hybridized carbons (Fsp3) is 0.250. The number of likely N-dealkylation sites (N-methyl/N-ethyl adjacent to an activating group) is 1. The molecule has 1 nitrogen and oxygen atoms in total. The minimum absolute atomic E-state index is 0.0780. The molecule has 1 unspecified atom stereocenters. The molecule has 100 valence electrons. The lowest BCUT2D eigenvalue weighted by Gasteiger charge is -2.19. The van der Waals surface area contributed by atoms with Crippen LogP contribution in [0.1, 0.15) is 22.7 Å². The maximum atomic E-state index is 13.3. The molecule has 2 aromatic rings. The van der Waals surface area contributed by atoms with Crippen LogP contribution in [0.25, 0.3) is 0 Å². The normalized spacial score (nSPS) is 12.4. The fourth-order valence-corrected chi connectivity index (χ4v) is 2.47. The van der Waals surface area contributed by atoms with E-state index in [2.05, 4.69) is 5.32 Å². The minimum atomic E-state index is -0.199. The number of halogens is 2. The Labute approximate surface area is 118 Å². The lowest BCUT2D eigenvalue weighted by molar-refractivity contribution is 0.582. The van der Waals surface area contributed by atoms with Crippen molar-refractivity contribution in [1.29, 1.82) is 0 Å². The maximum Gasteiger partial charge on any atom is 0.123 e. The average molecular weight is 278 g/mol. The Balaban J connectivity index is 2.29. The highest BCUT2D eigenvalue weighted by molar-refractivity contribution is 6.31. The predicted molar refractivity (Wildman–Crippen MR) is 78.1 cm³/mol. The molecule has 0 aliphatic rings. The molecule has 1 N–H and O–H groups in total. The van der Waals surface area contributed by atoms with Crippen LogP contribution in [0.5, 0.6) is 0 Å². The molecule has 19 heavy (non-hydrogen) atoms. The van der Waals surface area contributed by atoms with E-state index in [1.807, 2.05) is 44.3 Å². The average Bonchev–Trinajstić information content (AvgIpc) is 2.41. The molecule has 0 saturated heterocycles. The summed E-state index contributed by atoms with van der Waals surface area (Å²) in [4.78, 5) is 0. The van der Waals surface area contributed by atoms with Gasteiger partial charge in [0.25, 0.3) is 0 Å². The summed E-state index contributed by atoms with van der Waals surface area (Å²) < 4.78 is 13.3. The van der Waals surface area contributed by atoms with Crippen molar-refractivity contribution in [3.05, 3.63) is 70.0 Å². The topological polar surface area (TPSA) is 12.0 Å². The van der Waals surface area contributed by atoms with Gasteiger partial charge in [-0.3, -0.25) is 0 Å². The molecule has 2 rings (SSSR count). The first-order valence-corrected chi connectivity index (χ1v) is 6.66. The van der Waals surface area contributed by atoms with Crippen molar-refractivity contribution in [2.45, 2.75) is 19.4 Å². The highest BCUT2D eigenvalue weighted by Crippen LogP contribution is 2.26. The van der Waals surface area contributed by atoms with Gasteiger partial charge < -0.3 is 5.32 Å². The molecule has 0 radical (unpaired) electrons. The van der Waals surface area contributed by atoms with Crippen LogP contribution in [0, 0.1) is 12.7 Å². The predicted octanol–water partition coefficient (Wildman–Crippen LogP) is 4.29. The SMILES string of the molecule is CNC(Cc1cc(F)ccc1C)c1ccccc1Cl. The Bertz CT molecular complexity index is 568. The van der Waals surface area contributed by atoms with E-state index >= 15 is 0 Å². The van der Waals surface area contributed by atoms with E-state index in [4.69, 9.17) is 11.6 Å². The number of hydrogen-bond acceptors (Lipinski definition) is 1. The summed E-state index contributed by atoms with van der Waals surface area (Å²) in [5.41, 5.74) is 3.13. The first-order chi connectivity index (χ1) is 9.11. The molecule has 0 aliphatic carbocycles. The zero-order valence-corrected chi connectivity index (χ0v) is 11.8. The van der Waals surface area contributed by atoms with Crippen molar-refractivity contribution >= 4 is 11.6 Å².